The molecule has 0 fully saturated rings. The summed E-state index contributed by atoms with van der Waals surface area (Å²) >= 11 is 0. The van der Waals surface area contributed by atoms with Gasteiger partial charge in [-0.25, -0.2) is 4.98 Å². The topological polar surface area (TPSA) is 39.2 Å². The Hall–Kier alpha value is -1.38. The quantitative estimate of drug-likeness (QED) is 0.675. The number of hydrogen-bond acceptors (Lipinski definition) is 3. The molecule has 1 aliphatic rings. The number of nitrogens with zero attached hydrogens (tertiary/aromatic N) is 1. The number of hydrogen-bond donors (Lipinski definition) is 0. The van der Waals surface area contributed by atoms with E-state index in [-0.39, 0.29) is 11.2 Å². The van der Waals surface area contributed by atoms with Crippen molar-refractivity contribution in [3.8, 4) is 5.88 Å². The first-order valence-electron chi connectivity index (χ1n) is 4.63. The molecule has 0 aliphatic heterocycles. The highest BCUT2D eigenvalue weighted by Gasteiger charge is 2.38. The Bertz CT molecular complexity index is 396. The van der Waals surface area contributed by atoms with Crippen LogP contribution in [0.15, 0.2) is 12.1 Å². The highest BCUT2D eigenvalue weighted by Crippen LogP contribution is 2.35. The summed E-state index contributed by atoms with van der Waals surface area (Å²) in [5.74, 6) is 0.808. The zero-order valence-electron chi connectivity index (χ0n) is 8.63. The Morgan fingerprint density at radius 1 is 1.43 bits per heavy atom. The van der Waals surface area contributed by atoms with Gasteiger partial charge < -0.3 is 4.74 Å². The SMILES string of the molecule is COc1ccc2c(n1)CC(=O)C2(C)C. The number of methoxy groups -OCH3 is 1. The molecule has 14 heavy (non-hydrogen) atoms. The van der Waals surface area contributed by atoms with Crippen LogP contribution in [0.2, 0.25) is 0 Å². The smallest absolute Gasteiger partial charge is 0.213 e. The van der Waals surface area contributed by atoms with Crippen molar-refractivity contribution in [3.63, 3.8) is 0 Å². The van der Waals surface area contributed by atoms with E-state index in [1.165, 1.54) is 0 Å². The summed E-state index contributed by atoms with van der Waals surface area (Å²) in [5.41, 5.74) is 1.51. The number of fused-ring (bicyclic) bond motifs is 1. The summed E-state index contributed by atoms with van der Waals surface area (Å²) in [7, 11) is 1.58. The summed E-state index contributed by atoms with van der Waals surface area (Å²) in [6, 6.07) is 3.74. The highest BCUT2D eigenvalue weighted by atomic mass is 16.5. The normalized spacial score (nSPS) is 18.1. The van der Waals surface area contributed by atoms with Gasteiger partial charge >= 0.3 is 0 Å². The van der Waals surface area contributed by atoms with E-state index in [1.54, 1.807) is 13.2 Å². The molecule has 0 radical (unpaired) electrons. The van der Waals surface area contributed by atoms with Crippen LogP contribution in [0, 0.1) is 0 Å². The van der Waals surface area contributed by atoms with Crippen LogP contribution in [-0.2, 0) is 16.6 Å². The Balaban J connectivity index is 2.54. The molecular weight excluding hydrogens is 178 g/mol. The van der Waals surface area contributed by atoms with Gasteiger partial charge in [0, 0.05) is 6.07 Å². The van der Waals surface area contributed by atoms with Crippen molar-refractivity contribution in [1.82, 2.24) is 4.98 Å². The van der Waals surface area contributed by atoms with Gasteiger partial charge in [0.1, 0.15) is 5.78 Å². The highest BCUT2D eigenvalue weighted by molar-refractivity contribution is 5.95. The molecule has 3 heteroatoms. The first kappa shape index (κ1) is 9.19. The van der Waals surface area contributed by atoms with Crippen molar-refractivity contribution in [2.45, 2.75) is 25.7 Å². The number of rotatable bonds is 1. The molecule has 0 amide bonds. The molecule has 1 aromatic heterocycles. The molecule has 0 unspecified atom stereocenters. The maximum atomic E-state index is 11.7. The molecule has 0 atom stereocenters. The van der Waals surface area contributed by atoms with Gasteiger partial charge in [0.2, 0.25) is 5.88 Å². The van der Waals surface area contributed by atoms with Gasteiger partial charge in [-0.05, 0) is 19.4 Å². The van der Waals surface area contributed by atoms with E-state index in [2.05, 4.69) is 4.98 Å². The van der Waals surface area contributed by atoms with E-state index >= 15 is 0 Å². The fourth-order valence-corrected chi connectivity index (χ4v) is 1.82. The van der Waals surface area contributed by atoms with Crippen LogP contribution in [0.4, 0.5) is 0 Å². The summed E-state index contributed by atoms with van der Waals surface area (Å²) in [4.78, 5) is 15.9. The van der Waals surface area contributed by atoms with E-state index in [4.69, 9.17) is 4.74 Å². The Kier molecular flexibility index (Phi) is 1.84. The lowest BCUT2D eigenvalue weighted by Crippen LogP contribution is -2.23. The minimum atomic E-state index is -0.380. The molecule has 74 valence electrons. The number of Topliss-reactive ketones (excluding diaryl/α,β-unsaturated/α-hetero) is 1. The maximum absolute atomic E-state index is 11.7. The summed E-state index contributed by atoms with van der Waals surface area (Å²) in [5, 5.41) is 0. The first-order chi connectivity index (χ1) is 6.55. The first-order valence-corrected chi connectivity index (χ1v) is 4.63. The van der Waals surface area contributed by atoms with Crippen molar-refractivity contribution in [3.05, 3.63) is 23.4 Å². The molecule has 0 saturated carbocycles. The predicted molar refractivity (Wildman–Crippen MR) is 52.5 cm³/mol. The fraction of sp³-hybridized carbons (Fsp3) is 0.455. The fourth-order valence-electron chi connectivity index (χ4n) is 1.82. The van der Waals surface area contributed by atoms with E-state index in [0.29, 0.717) is 12.3 Å². The third kappa shape index (κ3) is 1.12. The molecule has 0 N–H and O–H groups in total. The molecule has 1 heterocycles. The molecule has 1 aromatic rings. The predicted octanol–water partition coefficient (Wildman–Crippen LogP) is 1.49. The second-order valence-electron chi connectivity index (χ2n) is 4.07. The van der Waals surface area contributed by atoms with Crippen molar-refractivity contribution >= 4 is 5.78 Å². The molecule has 0 bridgehead atoms. The lowest BCUT2D eigenvalue weighted by Gasteiger charge is -2.16. The second kappa shape index (κ2) is 2.80. The van der Waals surface area contributed by atoms with Gasteiger partial charge in [-0.15, -0.1) is 0 Å². The zero-order chi connectivity index (χ0) is 10.3. The van der Waals surface area contributed by atoms with Gasteiger partial charge in [-0.3, -0.25) is 4.79 Å². The van der Waals surface area contributed by atoms with E-state index in [1.807, 2.05) is 19.9 Å². The van der Waals surface area contributed by atoms with Gasteiger partial charge in [0.25, 0.3) is 0 Å². The van der Waals surface area contributed by atoms with Crippen LogP contribution in [0.25, 0.3) is 0 Å². The molecule has 2 rings (SSSR count). The van der Waals surface area contributed by atoms with Crippen molar-refractivity contribution < 1.29 is 9.53 Å². The summed E-state index contributed by atoms with van der Waals surface area (Å²) < 4.78 is 5.02. The van der Waals surface area contributed by atoms with Crippen molar-refractivity contribution in [2.24, 2.45) is 0 Å². The van der Waals surface area contributed by atoms with E-state index < -0.39 is 0 Å². The number of carbonyl (C=O) groups excluding carboxylic acids is 1. The van der Waals surface area contributed by atoms with Crippen LogP contribution in [0.5, 0.6) is 5.88 Å². The van der Waals surface area contributed by atoms with Gasteiger partial charge in [0.05, 0.1) is 24.6 Å². The van der Waals surface area contributed by atoms with Crippen LogP contribution in [0.1, 0.15) is 25.1 Å². The molecule has 0 saturated heterocycles. The lowest BCUT2D eigenvalue weighted by atomic mass is 9.86. The molecular formula is C11H13NO2. The zero-order valence-corrected chi connectivity index (χ0v) is 8.63. The lowest BCUT2D eigenvalue weighted by molar-refractivity contribution is -0.121. The maximum Gasteiger partial charge on any atom is 0.213 e. The van der Waals surface area contributed by atoms with Crippen LogP contribution < -0.4 is 4.74 Å². The average molecular weight is 191 g/mol. The van der Waals surface area contributed by atoms with Crippen LogP contribution in [-0.4, -0.2) is 17.9 Å². The summed E-state index contributed by atoms with van der Waals surface area (Å²) in [6.07, 6.45) is 0.430. The minimum Gasteiger partial charge on any atom is -0.481 e. The van der Waals surface area contributed by atoms with Crippen molar-refractivity contribution in [1.29, 1.82) is 0 Å². The molecule has 0 aromatic carbocycles. The molecule has 3 nitrogen and oxygen atoms in total. The number of aromatic nitrogens is 1. The third-order valence-corrected chi connectivity index (χ3v) is 2.86. The van der Waals surface area contributed by atoms with Gasteiger partial charge in [-0.1, -0.05) is 6.07 Å². The number of ketones is 1. The third-order valence-electron chi connectivity index (χ3n) is 2.86. The average Bonchev–Trinajstić information content (AvgIpc) is 2.38. The van der Waals surface area contributed by atoms with Gasteiger partial charge in [0.15, 0.2) is 0 Å². The Labute approximate surface area is 83.1 Å². The number of ether oxygens (including phenoxy) is 1. The van der Waals surface area contributed by atoms with Crippen molar-refractivity contribution in [2.75, 3.05) is 7.11 Å². The second-order valence-corrected chi connectivity index (χ2v) is 4.07. The molecule has 0 spiro atoms. The van der Waals surface area contributed by atoms with E-state index in [9.17, 15) is 4.79 Å². The Morgan fingerprint density at radius 2 is 2.14 bits per heavy atom. The standard InChI is InChI=1S/C11H13NO2/c1-11(2)7-4-5-10(14-3)12-8(7)6-9(11)13/h4-5H,6H2,1-3H3. The Morgan fingerprint density at radius 3 is 2.79 bits per heavy atom. The van der Waals surface area contributed by atoms with Gasteiger partial charge in [-0.2, -0.15) is 0 Å². The monoisotopic (exact) mass is 191 g/mol. The summed E-state index contributed by atoms with van der Waals surface area (Å²) in [6.45, 7) is 3.88. The molecule has 1 aliphatic carbocycles. The number of carbonyl (C=O) groups is 1. The minimum absolute atomic E-state index is 0.230. The van der Waals surface area contributed by atoms with Crippen LogP contribution >= 0.6 is 0 Å². The largest absolute Gasteiger partial charge is 0.481 e. The van der Waals surface area contributed by atoms with E-state index in [0.717, 1.165) is 11.3 Å². The number of pyridine rings is 1. The van der Waals surface area contributed by atoms with Crippen LogP contribution in [0.3, 0.4) is 0 Å².